The zero-order chi connectivity index (χ0) is 7.84. The number of rotatable bonds is 0. The molecule has 1 aliphatic rings. The van der Waals surface area contributed by atoms with E-state index in [1.54, 1.807) is 0 Å². The lowest BCUT2D eigenvalue weighted by Gasteiger charge is -1.96. The summed E-state index contributed by atoms with van der Waals surface area (Å²) in [5.74, 6) is 1.02. The van der Waals surface area contributed by atoms with Crippen LogP contribution in [0.2, 0.25) is 0 Å². The molecule has 1 aliphatic carbocycles. The second-order valence-corrected chi connectivity index (χ2v) is 3.11. The van der Waals surface area contributed by atoms with Crippen LogP contribution in [0.3, 0.4) is 0 Å². The Morgan fingerprint density at radius 3 is 3.00 bits per heavy atom. The van der Waals surface area contributed by atoms with Gasteiger partial charge in [0.25, 0.3) is 0 Å². The molecule has 0 radical (unpaired) electrons. The number of nitrogens with zero attached hydrogens (tertiary/aromatic N) is 1. The molecule has 58 valence electrons. The third kappa shape index (κ3) is 0.897. The van der Waals surface area contributed by atoms with Crippen molar-refractivity contribution in [1.82, 2.24) is 4.98 Å². The van der Waals surface area contributed by atoms with E-state index in [1.807, 2.05) is 0 Å². The van der Waals surface area contributed by atoms with E-state index in [4.69, 9.17) is 4.42 Å². The molecule has 2 heteroatoms. The Labute approximate surface area is 65.9 Å². The monoisotopic (exact) mass is 149 g/mol. The molecule has 1 aromatic rings. The number of allylic oxidation sites excluding steroid dienone is 2. The van der Waals surface area contributed by atoms with Gasteiger partial charge in [-0.25, -0.2) is 4.98 Å². The number of fused-ring (bicyclic) bond motifs is 1. The summed E-state index contributed by atoms with van der Waals surface area (Å²) < 4.78 is 5.28. The van der Waals surface area contributed by atoms with Crippen LogP contribution >= 0.6 is 0 Å². The third-order valence-electron chi connectivity index (χ3n) is 2.13. The standard InChI is InChI=1S/C9H11NO/c1-6(2)7-3-4-8-9(7)11-5-10-8/h5H,3-4H2,1-2H3. The van der Waals surface area contributed by atoms with Crippen LogP contribution in [-0.2, 0) is 6.42 Å². The van der Waals surface area contributed by atoms with E-state index < -0.39 is 0 Å². The van der Waals surface area contributed by atoms with E-state index >= 15 is 0 Å². The van der Waals surface area contributed by atoms with Gasteiger partial charge in [-0.2, -0.15) is 0 Å². The van der Waals surface area contributed by atoms with Crippen molar-refractivity contribution in [1.29, 1.82) is 0 Å². The van der Waals surface area contributed by atoms with Crippen LogP contribution in [0.1, 0.15) is 31.7 Å². The summed E-state index contributed by atoms with van der Waals surface area (Å²) in [6, 6.07) is 0. The minimum Gasteiger partial charge on any atom is -0.444 e. The first-order chi connectivity index (χ1) is 5.29. The van der Waals surface area contributed by atoms with Crippen molar-refractivity contribution in [2.75, 3.05) is 0 Å². The van der Waals surface area contributed by atoms with Gasteiger partial charge in [0, 0.05) is 0 Å². The SMILES string of the molecule is CC(C)=C1CCc2ncoc21. The Morgan fingerprint density at radius 1 is 1.45 bits per heavy atom. The molecule has 0 fully saturated rings. The summed E-state index contributed by atoms with van der Waals surface area (Å²) in [6.45, 7) is 4.24. The van der Waals surface area contributed by atoms with Crippen molar-refractivity contribution in [3.05, 3.63) is 23.4 Å². The van der Waals surface area contributed by atoms with Gasteiger partial charge in [-0.15, -0.1) is 0 Å². The molecule has 11 heavy (non-hydrogen) atoms. The molecule has 0 saturated carbocycles. The fraction of sp³-hybridized carbons (Fsp3) is 0.444. The molecular weight excluding hydrogens is 138 g/mol. The lowest BCUT2D eigenvalue weighted by Crippen LogP contribution is -1.76. The first-order valence-electron chi connectivity index (χ1n) is 3.88. The van der Waals surface area contributed by atoms with Crippen LogP contribution in [0.5, 0.6) is 0 Å². The van der Waals surface area contributed by atoms with E-state index in [1.165, 1.54) is 17.5 Å². The summed E-state index contributed by atoms with van der Waals surface area (Å²) in [4.78, 5) is 4.13. The van der Waals surface area contributed by atoms with Gasteiger partial charge in [0.05, 0.1) is 5.69 Å². The Morgan fingerprint density at radius 2 is 2.27 bits per heavy atom. The van der Waals surface area contributed by atoms with Crippen LogP contribution in [0.4, 0.5) is 0 Å². The number of aromatic nitrogens is 1. The van der Waals surface area contributed by atoms with Crippen molar-refractivity contribution in [3.63, 3.8) is 0 Å². The molecule has 0 amide bonds. The van der Waals surface area contributed by atoms with Crippen molar-refractivity contribution in [2.24, 2.45) is 0 Å². The summed E-state index contributed by atoms with van der Waals surface area (Å²) >= 11 is 0. The van der Waals surface area contributed by atoms with Crippen LogP contribution in [0.15, 0.2) is 16.4 Å². The lowest BCUT2D eigenvalue weighted by atomic mass is 10.1. The second kappa shape index (κ2) is 2.22. The summed E-state index contributed by atoms with van der Waals surface area (Å²) in [5.41, 5.74) is 3.82. The number of aryl methyl sites for hydroxylation is 1. The molecular formula is C9H11NO. The maximum absolute atomic E-state index is 5.28. The fourth-order valence-corrected chi connectivity index (χ4v) is 1.53. The Balaban J connectivity index is 2.55. The molecule has 0 spiro atoms. The van der Waals surface area contributed by atoms with Crippen LogP contribution in [0, 0.1) is 0 Å². The molecule has 0 saturated heterocycles. The number of oxazole rings is 1. The maximum Gasteiger partial charge on any atom is 0.181 e. The van der Waals surface area contributed by atoms with Gasteiger partial charge in [0.2, 0.25) is 0 Å². The first-order valence-corrected chi connectivity index (χ1v) is 3.88. The molecule has 0 atom stereocenters. The van der Waals surface area contributed by atoms with E-state index in [0.29, 0.717) is 0 Å². The molecule has 0 N–H and O–H groups in total. The summed E-state index contributed by atoms with van der Waals surface area (Å²) in [5, 5.41) is 0. The topological polar surface area (TPSA) is 26.0 Å². The fourth-order valence-electron chi connectivity index (χ4n) is 1.53. The Kier molecular flexibility index (Phi) is 1.34. The van der Waals surface area contributed by atoms with E-state index in [0.717, 1.165) is 24.3 Å². The van der Waals surface area contributed by atoms with Crippen molar-refractivity contribution < 1.29 is 4.42 Å². The minimum atomic E-state index is 1.02. The first kappa shape index (κ1) is 6.65. The van der Waals surface area contributed by atoms with Crippen LogP contribution < -0.4 is 0 Å². The van der Waals surface area contributed by atoms with Gasteiger partial charge < -0.3 is 4.42 Å². The maximum atomic E-state index is 5.28. The van der Waals surface area contributed by atoms with Crippen molar-refractivity contribution in [3.8, 4) is 0 Å². The predicted octanol–water partition coefficient (Wildman–Crippen LogP) is 2.41. The molecule has 1 aromatic heterocycles. The second-order valence-electron chi connectivity index (χ2n) is 3.11. The molecule has 0 aromatic carbocycles. The number of hydrogen-bond donors (Lipinski definition) is 0. The summed E-state index contributed by atoms with van der Waals surface area (Å²) in [7, 11) is 0. The summed E-state index contributed by atoms with van der Waals surface area (Å²) in [6.07, 6.45) is 3.68. The quantitative estimate of drug-likeness (QED) is 0.566. The van der Waals surface area contributed by atoms with E-state index in [2.05, 4.69) is 18.8 Å². The lowest BCUT2D eigenvalue weighted by molar-refractivity contribution is 0.544. The molecule has 0 aliphatic heterocycles. The highest BCUT2D eigenvalue weighted by Crippen LogP contribution is 2.33. The van der Waals surface area contributed by atoms with E-state index in [-0.39, 0.29) is 0 Å². The zero-order valence-electron chi connectivity index (χ0n) is 6.85. The molecule has 2 rings (SSSR count). The number of hydrogen-bond acceptors (Lipinski definition) is 2. The van der Waals surface area contributed by atoms with Gasteiger partial charge in [-0.3, -0.25) is 0 Å². The Hall–Kier alpha value is -1.05. The Bertz CT molecular complexity index is 305. The van der Waals surface area contributed by atoms with Gasteiger partial charge >= 0.3 is 0 Å². The average molecular weight is 149 g/mol. The highest BCUT2D eigenvalue weighted by atomic mass is 16.3. The molecule has 0 bridgehead atoms. The van der Waals surface area contributed by atoms with Gasteiger partial charge in [0.15, 0.2) is 12.2 Å². The van der Waals surface area contributed by atoms with Gasteiger partial charge in [0.1, 0.15) is 0 Å². The van der Waals surface area contributed by atoms with E-state index in [9.17, 15) is 0 Å². The largest absolute Gasteiger partial charge is 0.444 e. The van der Waals surface area contributed by atoms with Crippen LogP contribution in [-0.4, -0.2) is 4.98 Å². The van der Waals surface area contributed by atoms with Crippen molar-refractivity contribution >= 4 is 5.57 Å². The van der Waals surface area contributed by atoms with Gasteiger partial charge in [-0.1, -0.05) is 5.57 Å². The molecule has 2 nitrogen and oxygen atoms in total. The average Bonchev–Trinajstić information content (AvgIpc) is 2.41. The molecule has 1 heterocycles. The smallest absolute Gasteiger partial charge is 0.181 e. The zero-order valence-corrected chi connectivity index (χ0v) is 6.85. The van der Waals surface area contributed by atoms with Crippen LogP contribution in [0.25, 0.3) is 5.57 Å². The molecule has 0 unspecified atom stereocenters. The van der Waals surface area contributed by atoms with Gasteiger partial charge in [-0.05, 0) is 32.3 Å². The van der Waals surface area contributed by atoms with Crippen molar-refractivity contribution in [2.45, 2.75) is 26.7 Å². The normalized spacial score (nSPS) is 15.3. The highest BCUT2D eigenvalue weighted by Gasteiger charge is 2.21. The predicted molar refractivity (Wildman–Crippen MR) is 43.1 cm³/mol. The third-order valence-corrected chi connectivity index (χ3v) is 2.13. The highest BCUT2D eigenvalue weighted by molar-refractivity contribution is 5.69. The minimum absolute atomic E-state index is 1.02.